The minimum atomic E-state index is -3.77. The van der Waals surface area contributed by atoms with Crippen LogP contribution in [0.3, 0.4) is 0 Å². The molecule has 0 aliphatic heterocycles. The third-order valence-corrected chi connectivity index (χ3v) is 5.32. The molecule has 0 unspecified atom stereocenters. The summed E-state index contributed by atoms with van der Waals surface area (Å²) in [7, 11) is -2.05. The van der Waals surface area contributed by atoms with Crippen molar-refractivity contribution in [1.82, 2.24) is 14.9 Å². The van der Waals surface area contributed by atoms with Crippen molar-refractivity contribution in [3.63, 3.8) is 0 Å². The first kappa shape index (κ1) is 16.0. The molecule has 126 valence electrons. The van der Waals surface area contributed by atoms with Gasteiger partial charge in [-0.1, -0.05) is 25.9 Å². The van der Waals surface area contributed by atoms with Crippen LogP contribution in [0, 0.1) is 0 Å². The summed E-state index contributed by atoms with van der Waals surface area (Å²) in [4.78, 5) is 0.181. The summed E-state index contributed by atoms with van der Waals surface area (Å²) in [6, 6.07) is 0. The van der Waals surface area contributed by atoms with Gasteiger partial charge in [0, 0.05) is 30.6 Å². The number of nitrogens with one attached hydrogen (secondary N) is 1. The van der Waals surface area contributed by atoms with Crippen LogP contribution in [0.1, 0.15) is 50.6 Å². The summed E-state index contributed by atoms with van der Waals surface area (Å²) >= 11 is 0. The van der Waals surface area contributed by atoms with E-state index in [1.165, 1.54) is 10.9 Å². The Hall–Kier alpha value is -1.83. The third kappa shape index (κ3) is 2.99. The zero-order valence-electron chi connectivity index (χ0n) is 13.9. The lowest BCUT2D eigenvalue weighted by molar-refractivity contribution is 0.374. The fourth-order valence-corrected chi connectivity index (χ4v) is 4.25. The van der Waals surface area contributed by atoms with Gasteiger partial charge in [-0.05, 0) is 19.3 Å². The molecule has 0 saturated carbocycles. The number of nitrogens with zero attached hydrogens (tertiary/aromatic N) is 3. The predicted octanol–water partition coefficient (Wildman–Crippen LogP) is 2.39. The van der Waals surface area contributed by atoms with Crippen LogP contribution in [-0.2, 0) is 35.3 Å². The minimum Gasteiger partial charge on any atom is -0.359 e. The molecular formula is C15H22N4O3S. The lowest BCUT2D eigenvalue weighted by Gasteiger charge is -2.17. The quantitative estimate of drug-likeness (QED) is 0.928. The second kappa shape index (κ2) is 5.36. The number of rotatable bonds is 3. The summed E-state index contributed by atoms with van der Waals surface area (Å²) in [5, 5.41) is 8.23. The van der Waals surface area contributed by atoms with E-state index >= 15 is 0 Å². The fourth-order valence-electron chi connectivity index (χ4n) is 2.83. The molecule has 7 nitrogen and oxygen atoms in total. The third-order valence-electron chi connectivity index (χ3n) is 3.98. The zero-order chi connectivity index (χ0) is 16.8. The Morgan fingerprint density at radius 2 is 1.96 bits per heavy atom. The Morgan fingerprint density at radius 3 is 2.65 bits per heavy atom. The first-order valence-corrected chi connectivity index (χ1v) is 9.21. The summed E-state index contributed by atoms with van der Waals surface area (Å²) in [5.74, 6) is 1.10. The van der Waals surface area contributed by atoms with E-state index in [-0.39, 0.29) is 10.3 Å². The van der Waals surface area contributed by atoms with Crippen LogP contribution < -0.4 is 4.72 Å². The molecule has 1 N–H and O–H groups in total. The Morgan fingerprint density at radius 1 is 1.26 bits per heavy atom. The molecule has 0 radical (unpaired) electrons. The number of sulfonamides is 1. The maximum absolute atomic E-state index is 12.8. The SMILES string of the molecule is Cn1cc(S(=O)(=O)Nc2noc3c2CCCC3)c(C(C)(C)C)n1. The first-order chi connectivity index (χ1) is 10.7. The minimum absolute atomic E-state index is 0.181. The average molecular weight is 338 g/mol. The van der Waals surface area contributed by atoms with Crippen LogP contribution in [0.4, 0.5) is 5.82 Å². The molecule has 8 heteroatoms. The highest BCUT2D eigenvalue weighted by Gasteiger charge is 2.31. The van der Waals surface area contributed by atoms with E-state index in [1.54, 1.807) is 7.05 Å². The molecule has 0 fully saturated rings. The summed E-state index contributed by atoms with van der Waals surface area (Å²) in [5.41, 5.74) is 1.03. The van der Waals surface area contributed by atoms with Gasteiger partial charge in [-0.3, -0.25) is 9.40 Å². The number of hydrogen-bond donors (Lipinski definition) is 1. The van der Waals surface area contributed by atoms with Crippen molar-refractivity contribution in [2.45, 2.75) is 56.8 Å². The summed E-state index contributed by atoms with van der Waals surface area (Å²) in [6.45, 7) is 5.81. The van der Waals surface area contributed by atoms with Crippen LogP contribution >= 0.6 is 0 Å². The van der Waals surface area contributed by atoms with Crippen molar-refractivity contribution in [2.24, 2.45) is 7.05 Å². The second-order valence-electron chi connectivity index (χ2n) is 7.01. The molecule has 0 aromatic carbocycles. The van der Waals surface area contributed by atoms with Gasteiger partial charge in [0.05, 0.1) is 5.69 Å². The summed E-state index contributed by atoms with van der Waals surface area (Å²) < 4.78 is 35.0. The maximum atomic E-state index is 12.8. The van der Waals surface area contributed by atoms with E-state index in [0.29, 0.717) is 11.5 Å². The van der Waals surface area contributed by atoms with Crippen LogP contribution in [0.25, 0.3) is 0 Å². The van der Waals surface area contributed by atoms with E-state index in [0.717, 1.165) is 37.0 Å². The van der Waals surface area contributed by atoms with Crippen LogP contribution in [0.2, 0.25) is 0 Å². The number of hydrogen-bond acceptors (Lipinski definition) is 5. The van der Waals surface area contributed by atoms with E-state index in [9.17, 15) is 8.42 Å². The number of aryl methyl sites for hydroxylation is 2. The second-order valence-corrected chi connectivity index (χ2v) is 8.66. The number of aromatic nitrogens is 3. The topological polar surface area (TPSA) is 90.0 Å². The standard InChI is InChI=1S/C15H22N4O3S/c1-15(2,3)13-12(9-19(4)16-13)23(20,21)18-14-10-7-5-6-8-11(10)22-17-14/h9H,5-8H2,1-4H3,(H,17,18). The van der Waals surface area contributed by atoms with Crippen molar-refractivity contribution in [3.05, 3.63) is 23.2 Å². The number of fused-ring (bicyclic) bond motifs is 1. The van der Waals surface area contributed by atoms with Gasteiger partial charge in [-0.15, -0.1) is 0 Å². The molecule has 1 aliphatic carbocycles. The maximum Gasteiger partial charge on any atom is 0.266 e. The Labute approximate surface area is 136 Å². The van der Waals surface area contributed by atoms with E-state index < -0.39 is 10.0 Å². The van der Waals surface area contributed by atoms with Crippen LogP contribution in [0.15, 0.2) is 15.6 Å². The smallest absolute Gasteiger partial charge is 0.266 e. The van der Waals surface area contributed by atoms with Crippen LogP contribution in [-0.4, -0.2) is 23.4 Å². The lowest BCUT2D eigenvalue weighted by atomic mass is 9.92. The fraction of sp³-hybridized carbons (Fsp3) is 0.600. The molecule has 0 saturated heterocycles. The largest absolute Gasteiger partial charge is 0.359 e. The van der Waals surface area contributed by atoms with Gasteiger partial charge >= 0.3 is 0 Å². The molecule has 0 amide bonds. The number of anilines is 1. The van der Waals surface area contributed by atoms with Crippen molar-refractivity contribution in [1.29, 1.82) is 0 Å². The highest BCUT2D eigenvalue weighted by molar-refractivity contribution is 7.92. The molecule has 2 heterocycles. The Bertz CT molecular complexity index is 828. The van der Waals surface area contributed by atoms with Gasteiger partial charge in [-0.25, -0.2) is 8.42 Å². The highest BCUT2D eigenvalue weighted by Crippen LogP contribution is 2.31. The van der Waals surface area contributed by atoms with Gasteiger partial charge < -0.3 is 4.52 Å². The van der Waals surface area contributed by atoms with Gasteiger partial charge in [0.25, 0.3) is 10.0 Å². The molecule has 2 aromatic heterocycles. The molecule has 2 aromatic rings. The highest BCUT2D eigenvalue weighted by atomic mass is 32.2. The molecular weight excluding hydrogens is 316 g/mol. The molecule has 0 atom stereocenters. The van der Waals surface area contributed by atoms with Crippen molar-refractivity contribution < 1.29 is 12.9 Å². The molecule has 3 rings (SSSR count). The monoisotopic (exact) mass is 338 g/mol. The Balaban J connectivity index is 1.99. The molecule has 1 aliphatic rings. The van der Waals surface area contributed by atoms with Gasteiger partial charge in [0.1, 0.15) is 10.7 Å². The van der Waals surface area contributed by atoms with Crippen molar-refractivity contribution in [3.8, 4) is 0 Å². The first-order valence-electron chi connectivity index (χ1n) is 7.73. The Kier molecular flexibility index (Phi) is 3.74. The normalized spacial score (nSPS) is 15.5. The zero-order valence-corrected chi connectivity index (χ0v) is 14.7. The van der Waals surface area contributed by atoms with Gasteiger partial charge in [-0.2, -0.15) is 5.10 Å². The van der Waals surface area contributed by atoms with E-state index in [2.05, 4.69) is 15.0 Å². The molecule has 0 bridgehead atoms. The van der Waals surface area contributed by atoms with Gasteiger partial charge in [0.15, 0.2) is 5.82 Å². The average Bonchev–Trinajstić information content (AvgIpc) is 3.03. The van der Waals surface area contributed by atoms with Crippen molar-refractivity contribution in [2.75, 3.05) is 4.72 Å². The van der Waals surface area contributed by atoms with E-state index in [1.807, 2.05) is 20.8 Å². The van der Waals surface area contributed by atoms with E-state index in [4.69, 9.17) is 4.52 Å². The summed E-state index contributed by atoms with van der Waals surface area (Å²) in [6.07, 6.45) is 5.18. The lowest BCUT2D eigenvalue weighted by Crippen LogP contribution is -2.21. The molecule has 23 heavy (non-hydrogen) atoms. The molecule has 0 spiro atoms. The van der Waals surface area contributed by atoms with Gasteiger partial charge in [0.2, 0.25) is 0 Å². The van der Waals surface area contributed by atoms with Crippen LogP contribution in [0.5, 0.6) is 0 Å². The predicted molar refractivity (Wildman–Crippen MR) is 85.9 cm³/mol. The van der Waals surface area contributed by atoms with Crippen molar-refractivity contribution >= 4 is 15.8 Å².